The van der Waals surface area contributed by atoms with E-state index in [-0.39, 0.29) is 5.69 Å². The van der Waals surface area contributed by atoms with Gasteiger partial charge in [-0.15, -0.1) is 0 Å². The number of fused-ring (bicyclic) bond motifs is 2. The second-order valence-corrected chi connectivity index (χ2v) is 5.04. The quantitative estimate of drug-likeness (QED) is 0.833. The third-order valence-corrected chi connectivity index (χ3v) is 4.07. The number of carbonyl (C=O) groups is 1. The molecule has 0 aromatic carbocycles. The number of nitrogens with zero attached hydrogens (tertiary/aromatic N) is 1. The van der Waals surface area contributed by atoms with Gasteiger partial charge in [0.1, 0.15) is 5.76 Å². The fourth-order valence-electron chi connectivity index (χ4n) is 3.32. The summed E-state index contributed by atoms with van der Waals surface area (Å²) in [5, 5.41) is 8.93. The summed E-state index contributed by atoms with van der Waals surface area (Å²) in [5.41, 5.74) is 0.0813. The van der Waals surface area contributed by atoms with Crippen LogP contribution in [0.2, 0.25) is 0 Å². The molecule has 4 heteroatoms. The van der Waals surface area contributed by atoms with Crippen LogP contribution in [0.1, 0.15) is 53.7 Å². The van der Waals surface area contributed by atoms with E-state index in [1.807, 2.05) is 0 Å². The second-order valence-electron chi connectivity index (χ2n) is 5.04. The molecule has 2 saturated carbocycles. The van der Waals surface area contributed by atoms with Crippen molar-refractivity contribution in [3.05, 3.63) is 17.3 Å². The molecule has 0 amide bonds. The molecule has 86 valence electrons. The minimum Gasteiger partial charge on any atom is -0.476 e. The highest BCUT2D eigenvalue weighted by atomic mass is 16.4. The Labute approximate surface area is 93.7 Å². The average molecular weight is 221 g/mol. The van der Waals surface area contributed by atoms with Gasteiger partial charge < -0.3 is 9.52 Å². The minimum atomic E-state index is -0.990. The number of aryl methyl sites for hydroxylation is 1. The molecule has 2 fully saturated rings. The predicted octanol–water partition coefficient (Wildman–Crippen LogP) is 2.58. The summed E-state index contributed by atoms with van der Waals surface area (Å²) < 4.78 is 5.52. The van der Waals surface area contributed by atoms with Crippen LogP contribution in [0.3, 0.4) is 0 Å². The molecule has 1 heterocycles. The monoisotopic (exact) mass is 221 g/mol. The van der Waals surface area contributed by atoms with Gasteiger partial charge in [-0.1, -0.05) is 6.42 Å². The van der Waals surface area contributed by atoms with E-state index >= 15 is 0 Å². The van der Waals surface area contributed by atoms with Gasteiger partial charge in [0.15, 0.2) is 11.6 Å². The summed E-state index contributed by atoms with van der Waals surface area (Å²) in [5.74, 6) is 1.95. The van der Waals surface area contributed by atoms with Crippen LogP contribution in [0.25, 0.3) is 0 Å². The van der Waals surface area contributed by atoms with E-state index in [0.29, 0.717) is 23.5 Å². The molecule has 2 aliphatic rings. The maximum Gasteiger partial charge on any atom is 0.358 e. The van der Waals surface area contributed by atoms with Gasteiger partial charge in [0.25, 0.3) is 0 Å². The van der Waals surface area contributed by atoms with Crippen molar-refractivity contribution in [1.82, 2.24) is 4.98 Å². The zero-order valence-corrected chi connectivity index (χ0v) is 9.27. The van der Waals surface area contributed by atoms with Crippen LogP contribution in [0.5, 0.6) is 0 Å². The molecule has 3 rings (SSSR count). The van der Waals surface area contributed by atoms with Crippen molar-refractivity contribution < 1.29 is 14.3 Å². The van der Waals surface area contributed by atoms with Gasteiger partial charge in [-0.3, -0.25) is 0 Å². The number of hydrogen-bond donors (Lipinski definition) is 1. The van der Waals surface area contributed by atoms with E-state index in [1.165, 1.54) is 19.3 Å². The van der Waals surface area contributed by atoms with Gasteiger partial charge in [-0.2, -0.15) is 0 Å². The summed E-state index contributed by atoms with van der Waals surface area (Å²) in [6, 6.07) is 0. The highest BCUT2D eigenvalue weighted by Gasteiger charge is 2.42. The third kappa shape index (κ3) is 1.36. The van der Waals surface area contributed by atoms with Crippen LogP contribution in [0.4, 0.5) is 0 Å². The maximum atomic E-state index is 10.9. The summed E-state index contributed by atoms with van der Waals surface area (Å²) in [4.78, 5) is 15.0. The lowest BCUT2D eigenvalue weighted by Crippen LogP contribution is -2.09. The molecule has 0 aliphatic heterocycles. The zero-order valence-electron chi connectivity index (χ0n) is 9.27. The van der Waals surface area contributed by atoms with Crippen molar-refractivity contribution in [3.8, 4) is 0 Å². The molecule has 1 aromatic rings. The normalized spacial score (nSPS) is 32.2. The van der Waals surface area contributed by atoms with E-state index < -0.39 is 5.97 Å². The first-order valence-electron chi connectivity index (χ1n) is 5.85. The van der Waals surface area contributed by atoms with Crippen molar-refractivity contribution >= 4 is 5.97 Å². The maximum absolute atomic E-state index is 10.9. The Bertz CT molecular complexity index is 437. The Hall–Kier alpha value is -1.32. The first-order valence-corrected chi connectivity index (χ1v) is 5.85. The van der Waals surface area contributed by atoms with E-state index in [9.17, 15) is 4.79 Å². The van der Waals surface area contributed by atoms with Gasteiger partial charge in [-0.05, 0) is 38.0 Å². The van der Waals surface area contributed by atoms with Gasteiger partial charge in [0.2, 0.25) is 0 Å². The molecule has 4 nitrogen and oxygen atoms in total. The lowest BCUT2D eigenvalue weighted by atomic mass is 9.89. The Kier molecular flexibility index (Phi) is 2.06. The van der Waals surface area contributed by atoms with E-state index in [1.54, 1.807) is 6.92 Å². The summed E-state index contributed by atoms with van der Waals surface area (Å²) in [7, 11) is 0. The second kappa shape index (κ2) is 3.34. The van der Waals surface area contributed by atoms with Crippen molar-refractivity contribution in [1.29, 1.82) is 0 Å². The predicted molar refractivity (Wildman–Crippen MR) is 56.4 cm³/mol. The third-order valence-electron chi connectivity index (χ3n) is 4.07. The molecular weight excluding hydrogens is 206 g/mol. The Morgan fingerprint density at radius 2 is 2.25 bits per heavy atom. The average Bonchev–Trinajstić information content (AvgIpc) is 2.89. The number of rotatable bonds is 2. The summed E-state index contributed by atoms with van der Waals surface area (Å²) >= 11 is 0. The number of carboxylic acid groups (broad SMARTS) is 1. The van der Waals surface area contributed by atoms with Gasteiger partial charge in [-0.25, -0.2) is 9.78 Å². The summed E-state index contributed by atoms with van der Waals surface area (Å²) in [6.07, 6.45) is 4.98. The molecule has 1 N–H and O–H groups in total. The van der Waals surface area contributed by atoms with Crippen LogP contribution in [-0.4, -0.2) is 16.1 Å². The van der Waals surface area contributed by atoms with Crippen LogP contribution in [0, 0.1) is 18.8 Å². The molecule has 0 saturated heterocycles. The van der Waals surface area contributed by atoms with Crippen molar-refractivity contribution in [2.24, 2.45) is 11.8 Å². The minimum absolute atomic E-state index is 0.0813. The summed E-state index contributed by atoms with van der Waals surface area (Å²) in [6.45, 7) is 1.67. The fourth-order valence-corrected chi connectivity index (χ4v) is 3.32. The van der Waals surface area contributed by atoms with E-state index in [0.717, 1.165) is 12.3 Å². The molecule has 1 aromatic heterocycles. The molecule has 2 aliphatic carbocycles. The number of carboxylic acids is 1. The number of aromatic carboxylic acids is 1. The lowest BCUT2D eigenvalue weighted by Gasteiger charge is -2.17. The van der Waals surface area contributed by atoms with Gasteiger partial charge in [0.05, 0.1) is 0 Å². The van der Waals surface area contributed by atoms with E-state index in [2.05, 4.69) is 4.98 Å². The zero-order chi connectivity index (χ0) is 11.3. The molecule has 2 bridgehead atoms. The Morgan fingerprint density at radius 3 is 2.75 bits per heavy atom. The first-order chi connectivity index (χ1) is 7.65. The largest absolute Gasteiger partial charge is 0.476 e. The highest BCUT2D eigenvalue weighted by Crippen LogP contribution is 2.52. The van der Waals surface area contributed by atoms with Crippen LogP contribution in [0.15, 0.2) is 4.42 Å². The van der Waals surface area contributed by atoms with Crippen LogP contribution in [-0.2, 0) is 0 Å². The molecule has 3 unspecified atom stereocenters. The molecule has 16 heavy (non-hydrogen) atoms. The van der Waals surface area contributed by atoms with E-state index in [4.69, 9.17) is 9.52 Å². The van der Waals surface area contributed by atoms with Gasteiger partial charge >= 0.3 is 5.97 Å². The standard InChI is InChI=1S/C12H15NO3/c1-6-10(12(14)15)13-11(16-6)9-5-7-2-3-8(9)4-7/h7-9H,2-5H2,1H3,(H,14,15). The Balaban J connectivity index is 1.90. The molecule has 0 radical (unpaired) electrons. The van der Waals surface area contributed by atoms with Gasteiger partial charge in [0, 0.05) is 5.92 Å². The number of aromatic nitrogens is 1. The van der Waals surface area contributed by atoms with Crippen LogP contribution < -0.4 is 0 Å². The molecule has 3 atom stereocenters. The van der Waals surface area contributed by atoms with Crippen LogP contribution >= 0.6 is 0 Å². The molecular formula is C12H15NO3. The first kappa shape index (κ1) is 9.87. The number of oxazole rings is 1. The SMILES string of the molecule is Cc1oc(C2CC3CCC2C3)nc1C(=O)O. The number of hydrogen-bond acceptors (Lipinski definition) is 3. The lowest BCUT2D eigenvalue weighted by molar-refractivity contribution is 0.0689. The topological polar surface area (TPSA) is 63.3 Å². The fraction of sp³-hybridized carbons (Fsp3) is 0.667. The van der Waals surface area contributed by atoms with Crippen molar-refractivity contribution in [2.45, 2.75) is 38.5 Å². The highest BCUT2D eigenvalue weighted by molar-refractivity contribution is 5.86. The smallest absolute Gasteiger partial charge is 0.358 e. The van der Waals surface area contributed by atoms with Crippen molar-refractivity contribution in [2.75, 3.05) is 0 Å². The Morgan fingerprint density at radius 1 is 1.44 bits per heavy atom. The van der Waals surface area contributed by atoms with Crippen molar-refractivity contribution in [3.63, 3.8) is 0 Å². The molecule has 0 spiro atoms.